The fraction of sp³-hybridized carbons (Fsp3) is 0.200. The first-order valence-electron chi connectivity index (χ1n) is 8.51. The predicted octanol–water partition coefficient (Wildman–Crippen LogP) is 3.88. The van der Waals surface area contributed by atoms with Crippen LogP contribution in [-0.4, -0.2) is 28.5 Å². The topological polar surface area (TPSA) is 66.4 Å². The summed E-state index contributed by atoms with van der Waals surface area (Å²) in [7, 11) is 3.54. The molecule has 0 saturated heterocycles. The third-order valence-electron chi connectivity index (χ3n) is 4.68. The van der Waals surface area contributed by atoms with Gasteiger partial charge in [-0.15, -0.1) is 0 Å². The molecule has 3 amide bonds. The molecule has 3 aromatic rings. The fourth-order valence-corrected chi connectivity index (χ4v) is 3.06. The van der Waals surface area contributed by atoms with Gasteiger partial charge in [0.1, 0.15) is 0 Å². The average molecular weight is 385 g/mol. The Morgan fingerprint density at radius 1 is 1.07 bits per heavy atom. The number of halogens is 1. The first-order valence-corrected chi connectivity index (χ1v) is 8.89. The molecule has 1 unspecified atom stereocenters. The summed E-state index contributed by atoms with van der Waals surface area (Å²) in [5.41, 5.74) is 7.35. The summed E-state index contributed by atoms with van der Waals surface area (Å²) < 4.78 is 1.88. The van der Waals surface area contributed by atoms with E-state index in [1.54, 1.807) is 25.4 Å². The molecule has 0 aliphatic carbocycles. The molecule has 6 nitrogen and oxygen atoms in total. The van der Waals surface area contributed by atoms with Gasteiger partial charge in [-0.3, -0.25) is 10.2 Å². The lowest BCUT2D eigenvalue weighted by molar-refractivity contribution is 0.0930. The molecular formula is C20H21ClN4O2. The zero-order valence-electron chi connectivity index (χ0n) is 15.4. The van der Waals surface area contributed by atoms with Gasteiger partial charge in [-0.1, -0.05) is 41.9 Å². The summed E-state index contributed by atoms with van der Waals surface area (Å²) in [5.74, 6) is -0.368. The van der Waals surface area contributed by atoms with Crippen molar-refractivity contribution in [2.24, 2.45) is 7.05 Å². The largest absolute Gasteiger partial charge is 0.350 e. The van der Waals surface area contributed by atoms with E-state index >= 15 is 0 Å². The molecule has 0 aliphatic rings. The number of amides is 3. The van der Waals surface area contributed by atoms with Crippen LogP contribution in [0, 0.1) is 0 Å². The number of para-hydroxylation sites is 1. The lowest BCUT2D eigenvalue weighted by Gasteiger charge is -2.25. The third-order valence-corrected chi connectivity index (χ3v) is 4.93. The molecule has 2 aromatic carbocycles. The minimum Gasteiger partial charge on any atom is -0.350 e. The van der Waals surface area contributed by atoms with Crippen LogP contribution in [0.2, 0.25) is 5.02 Å². The minimum atomic E-state index is -0.411. The second-order valence-corrected chi connectivity index (χ2v) is 6.83. The molecule has 2 N–H and O–H groups in total. The zero-order valence-corrected chi connectivity index (χ0v) is 16.1. The van der Waals surface area contributed by atoms with E-state index in [9.17, 15) is 9.59 Å². The maximum atomic E-state index is 12.5. The number of hydrogen-bond donors (Lipinski definition) is 2. The number of benzene rings is 2. The summed E-state index contributed by atoms with van der Waals surface area (Å²) in [6.45, 7) is 1.90. The minimum absolute atomic E-state index is 0.184. The van der Waals surface area contributed by atoms with Crippen molar-refractivity contribution in [2.45, 2.75) is 13.0 Å². The maximum Gasteiger partial charge on any atom is 0.336 e. The van der Waals surface area contributed by atoms with Crippen molar-refractivity contribution in [3.8, 4) is 0 Å². The van der Waals surface area contributed by atoms with Crippen molar-refractivity contribution in [3.63, 3.8) is 0 Å². The molecule has 1 aromatic heterocycles. The van der Waals surface area contributed by atoms with Crippen molar-refractivity contribution in [2.75, 3.05) is 7.05 Å². The Balaban J connectivity index is 1.65. The molecular weight excluding hydrogens is 364 g/mol. The van der Waals surface area contributed by atoms with Gasteiger partial charge in [0, 0.05) is 36.2 Å². The normalized spacial score (nSPS) is 11.9. The van der Waals surface area contributed by atoms with Gasteiger partial charge in [-0.2, -0.15) is 0 Å². The Hall–Kier alpha value is -2.99. The van der Waals surface area contributed by atoms with Gasteiger partial charge in [0.15, 0.2) is 0 Å². The summed E-state index contributed by atoms with van der Waals surface area (Å²) in [4.78, 5) is 26.4. The lowest BCUT2D eigenvalue weighted by Crippen LogP contribution is -2.48. The van der Waals surface area contributed by atoms with E-state index in [-0.39, 0.29) is 11.9 Å². The van der Waals surface area contributed by atoms with E-state index in [2.05, 4.69) is 10.9 Å². The Kier molecular flexibility index (Phi) is 5.37. The number of hydrogen-bond acceptors (Lipinski definition) is 2. The first-order chi connectivity index (χ1) is 12.9. The van der Waals surface area contributed by atoms with E-state index in [0.29, 0.717) is 10.6 Å². The molecule has 0 spiro atoms. The molecule has 0 radical (unpaired) electrons. The highest BCUT2D eigenvalue weighted by Crippen LogP contribution is 2.21. The molecule has 7 heteroatoms. The van der Waals surface area contributed by atoms with Gasteiger partial charge < -0.3 is 9.47 Å². The van der Waals surface area contributed by atoms with Crippen LogP contribution < -0.4 is 10.9 Å². The second kappa shape index (κ2) is 7.72. The van der Waals surface area contributed by atoms with Crippen molar-refractivity contribution in [1.29, 1.82) is 0 Å². The summed E-state index contributed by atoms with van der Waals surface area (Å²) in [6, 6.07) is 14.3. The molecule has 140 valence electrons. The van der Waals surface area contributed by atoms with Crippen LogP contribution in [0.15, 0.2) is 54.7 Å². The van der Waals surface area contributed by atoms with Gasteiger partial charge in [0.05, 0.1) is 11.6 Å². The lowest BCUT2D eigenvalue weighted by atomic mass is 10.1. The molecule has 0 aliphatic heterocycles. The van der Waals surface area contributed by atoms with Crippen molar-refractivity contribution >= 4 is 34.4 Å². The SMILES string of the molecule is CC(c1ccc(Cl)cc1)N(C)C(=O)NNC(=O)c1cn(C)c2ccccc12. The highest BCUT2D eigenvalue weighted by molar-refractivity contribution is 6.30. The number of nitrogens with zero attached hydrogens (tertiary/aromatic N) is 2. The first kappa shape index (κ1) is 18.8. The second-order valence-electron chi connectivity index (χ2n) is 6.39. The Labute approximate surface area is 162 Å². The van der Waals surface area contributed by atoms with Crippen LogP contribution in [0.1, 0.15) is 28.9 Å². The Bertz CT molecular complexity index is 981. The molecule has 3 rings (SSSR count). The predicted molar refractivity (Wildman–Crippen MR) is 107 cm³/mol. The summed E-state index contributed by atoms with van der Waals surface area (Å²) in [6.07, 6.45) is 1.74. The van der Waals surface area contributed by atoms with Crippen LogP contribution in [-0.2, 0) is 7.05 Å². The van der Waals surface area contributed by atoms with Crippen molar-refractivity contribution in [3.05, 3.63) is 70.9 Å². The average Bonchev–Trinajstić information content (AvgIpc) is 3.02. The number of aryl methyl sites for hydroxylation is 1. The molecule has 0 bridgehead atoms. The highest BCUT2D eigenvalue weighted by Gasteiger charge is 2.19. The van der Waals surface area contributed by atoms with Gasteiger partial charge in [-0.05, 0) is 30.7 Å². The Morgan fingerprint density at radius 3 is 2.44 bits per heavy atom. The van der Waals surface area contributed by atoms with E-state index < -0.39 is 6.03 Å². The van der Waals surface area contributed by atoms with E-state index in [1.807, 2.05) is 54.9 Å². The van der Waals surface area contributed by atoms with Gasteiger partial charge in [0.2, 0.25) is 0 Å². The number of carbonyl (C=O) groups excluding carboxylic acids is 2. The molecule has 0 saturated carbocycles. The summed E-state index contributed by atoms with van der Waals surface area (Å²) >= 11 is 5.90. The smallest absolute Gasteiger partial charge is 0.336 e. The van der Waals surface area contributed by atoms with Gasteiger partial charge >= 0.3 is 6.03 Å². The zero-order chi connectivity index (χ0) is 19.6. The van der Waals surface area contributed by atoms with Gasteiger partial charge in [0.25, 0.3) is 5.91 Å². The number of carbonyl (C=O) groups is 2. The van der Waals surface area contributed by atoms with Crippen LogP contribution >= 0.6 is 11.6 Å². The molecule has 1 atom stereocenters. The monoisotopic (exact) mass is 384 g/mol. The number of nitrogens with one attached hydrogen (secondary N) is 2. The molecule has 1 heterocycles. The number of aromatic nitrogens is 1. The van der Waals surface area contributed by atoms with E-state index in [1.165, 1.54) is 4.90 Å². The van der Waals surface area contributed by atoms with Crippen molar-refractivity contribution in [1.82, 2.24) is 20.3 Å². The van der Waals surface area contributed by atoms with E-state index in [0.717, 1.165) is 16.5 Å². The van der Waals surface area contributed by atoms with E-state index in [4.69, 9.17) is 11.6 Å². The molecule has 0 fully saturated rings. The molecule has 27 heavy (non-hydrogen) atoms. The maximum absolute atomic E-state index is 12.5. The van der Waals surface area contributed by atoms with Crippen LogP contribution in [0.25, 0.3) is 10.9 Å². The number of urea groups is 1. The fourth-order valence-electron chi connectivity index (χ4n) is 2.93. The Morgan fingerprint density at radius 2 is 1.74 bits per heavy atom. The van der Waals surface area contributed by atoms with Crippen LogP contribution in [0.3, 0.4) is 0 Å². The van der Waals surface area contributed by atoms with Crippen LogP contribution in [0.4, 0.5) is 4.79 Å². The third kappa shape index (κ3) is 3.90. The number of rotatable bonds is 3. The summed E-state index contributed by atoms with van der Waals surface area (Å²) in [5, 5.41) is 1.47. The highest BCUT2D eigenvalue weighted by atomic mass is 35.5. The standard InChI is InChI=1S/C20H21ClN4O2/c1-13(14-8-10-15(21)11-9-14)25(3)20(27)23-22-19(26)17-12-24(2)18-7-5-4-6-16(17)18/h4-13H,1-3H3,(H,22,26)(H,23,27). The quantitative estimate of drug-likeness (QED) is 0.673. The number of hydrazine groups is 1. The van der Waals surface area contributed by atoms with Gasteiger partial charge in [-0.25, -0.2) is 10.2 Å². The van der Waals surface area contributed by atoms with Crippen LogP contribution in [0.5, 0.6) is 0 Å². The van der Waals surface area contributed by atoms with Crippen molar-refractivity contribution < 1.29 is 9.59 Å². The number of fused-ring (bicyclic) bond motifs is 1.